The first kappa shape index (κ1) is 22.6. The monoisotopic (exact) mass is 451 g/mol. The smallest absolute Gasteiger partial charge is 0.416 e. The van der Waals surface area contributed by atoms with E-state index in [1.807, 2.05) is 6.07 Å². The van der Waals surface area contributed by atoms with Gasteiger partial charge in [-0.15, -0.1) is 0 Å². The van der Waals surface area contributed by atoms with Gasteiger partial charge in [-0.05, 0) is 29.3 Å². The molecule has 9 heteroatoms. The number of hydrogen-bond acceptors (Lipinski definition) is 4. The van der Waals surface area contributed by atoms with Crippen LogP contribution in [0.5, 0.6) is 11.5 Å². The van der Waals surface area contributed by atoms with Crippen LogP contribution < -0.4 is 14.2 Å². The zero-order valence-electron chi connectivity index (χ0n) is 16.7. The Morgan fingerprint density at radius 1 is 0.871 bits per heavy atom. The van der Waals surface area contributed by atoms with E-state index >= 15 is 0 Å². The summed E-state index contributed by atoms with van der Waals surface area (Å²) in [4.78, 5) is -0.138. The first-order valence-corrected chi connectivity index (χ1v) is 10.6. The van der Waals surface area contributed by atoms with Gasteiger partial charge in [0.05, 0.1) is 24.7 Å². The van der Waals surface area contributed by atoms with Crippen LogP contribution in [0, 0.1) is 0 Å². The lowest BCUT2D eigenvalue weighted by Gasteiger charge is -2.16. The van der Waals surface area contributed by atoms with E-state index in [0.717, 1.165) is 17.7 Å². The second-order valence-corrected chi connectivity index (χ2v) is 8.32. The van der Waals surface area contributed by atoms with Gasteiger partial charge in [-0.3, -0.25) is 0 Å². The molecule has 3 rings (SSSR count). The molecule has 0 amide bonds. The molecule has 0 atom stereocenters. The average molecular weight is 451 g/mol. The first-order valence-electron chi connectivity index (χ1n) is 9.13. The molecular weight excluding hydrogens is 431 g/mol. The molecule has 164 valence electrons. The third kappa shape index (κ3) is 5.18. The molecule has 0 bridgehead atoms. The number of ether oxygens (including phenoxy) is 2. The number of hydrogen-bond donors (Lipinski definition) is 1. The molecule has 3 aromatic carbocycles. The summed E-state index contributed by atoms with van der Waals surface area (Å²) in [6.07, 6.45) is -4.50. The summed E-state index contributed by atoms with van der Waals surface area (Å²) in [5.41, 5.74) is 0.395. The van der Waals surface area contributed by atoms with Crippen molar-refractivity contribution in [2.45, 2.75) is 17.6 Å². The lowest BCUT2D eigenvalue weighted by atomic mass is 10.0. The van der Waals surface area contributed by atoms with Crippen molar-refractivity contribution in [1.29, 1.82) is 0 Å². The maximum atomic E-state index is 13.1. The molecule has 0 heterocycles. The van der Waals surface area contributed by atoms with Crippen molar-refractivity contribution in [1.82, 2.24) is 4.72 Å². The Balaban J connectivity index is 2.07. The van der Waals surface area contributed by atoms with Crippen molar-refractivity contribution in [3.63, 3.8) is 0 Å². The normalized spacial score (nSPS) is 11.9. The molecule has 5 nitrogen and oxygen atoms in total. The molecule has 0 radical (unpaired) electrons. The van der Waals surface area contributed by atoms with Crippen molar-refractivity contribution < 1.29 is 31.1 Å². The molecule has 0 saturated heterocycles. The molecule has 0 aromatic heterocycles. The third-order valence-electron chi connectivity index (χ3n) is 4.61. The topological polar surface area (TPSA) is 64.6 Å². The Hall–Kier alpha value is -3.04. The van der Waals surface area contributed by atoms with Crippen LogP contribution in [0.15, 0.2) is 71.6 Å². The lowest BCUT2D eigenvalue weighted by molar-refractivity contribution is -0.137. The first-order chi connectivity index (χ1) is 14.7. The maximum Gasteiger partial charge on any atom is 0.416 e. The minimum Gasteiger partial charge on any atom is -0.493 e. The molecule has 0 fully saturated rings. The Morgan fingerprint density at radius 2 is 1.45 bits per heavy atom. The minimum atomic E-state index is -4.50. The molecule has 31 heavy (non-hydrogen) atoms. The molecule has 3 aromatic rings. The highest BCUT2D eigenvalue weighted by Gasteiger charge is 2.30. The van der Waals surface area contributed by atoms with Crippen LogP contribution in [-0.4, -0.2) is 22.6 Å². The van der Waals surface area contributed by atoms with Gasteiger partial charge in [0.15, 0.2) is 11.5 Å². The summed E-state index contributed by atoms with van der Waals surface area (Å²) in [6.45, 7) is 0.0456. The van der Waals surface area contributed by atoms with Crippen molar-refractivity contribution >= 4 is 10.0 Å². The maximum absolute atomic E-state index is 13.1. The summed E-state index contributed by atoms with van der Waals surface area (Å²) in [7, 11) is -1.29. The van der Waals surface area contributed by atoms with E-state index in [0.29, 0.717) is 0 Å². The van der Waals surface area contributed by atoms with E-state index in [2.05, 4.69) is 4.72 Å². The van der Waals surface area contributed by atoms with Crippen molar-refractivity contribution in [3.05, 3.63) is 77.9 Å². The largest absolute Gasteiger partial charge is 0.493 e. The summed E-state index contributed by atoms with van der Waals surface area (Å²) in [5, 5.41) is 0. The Bertz CT molecular complexity index is 1150. The van der Waals surface area contributed by atoms with E-state index in [4.69, 9.17) is 9.47 Å². The Morgan fingerprint density at radius 3 is 2.00 bits per heavy atom. The highest BCUT2D eigenvalue weighted by Crippen LogP contribution is 2.39. The number of methoxy groups -OCH3 is 2. The second kappa shape index (κ2) is 8.99. The average Bonchev–Trinajstić information content (AvgIpc) is 2.77. The van der Waals surface area contributed by atoms with Gasteiger partial charge in [0, 0.05) is 18.2 Å². The number of halogens is 3. The molecule has 0 saturated carbocycles. The molecule has 0 aliphatic carbocycles. The van der Waals surface area contributed by atoms with Crippen LogP contribution in [0.3, 0.4) is 0 Å². The van der Waals surface area contributed by atoms with Gasteiger partial charge in [-0.2, -0.15) is 13.2 Å². The molecule has 0 unspecified atom stereocenters. The summed E-state index contributed by atoms with van der Waals surface area (Å²) in [5.74, 6) is 0.428. The van der Waals surface area contributed by atoms with Crippen LogP contribution in [0.2, 0.25) is 0 Å². The van der Waals surface area contributed by atoms with Crippen LogP contribution in [-0.2, 0) is 22.7 Å². The molecule has 0 aliphatic rings. The molecule has 1 N–H and O–H groups in total. The van der Waals surface area contributed by atoms with Crippen LogP contribution in [0.25, 0.3) is 11.1 Å². The van der Waals surface area contributed by atoms with E-state index in [-0.39, 0.29) is 34.1 Å². The van der Waals surface area contributed by atoms with Crippen LogP contribution in [0.4, 0.5) is 13.2 Å². The van der Waals surface area contributed by atoms with Gasteiger partial charge >= 0.3 is 6.18 Å². The molecule has 0 spiro atoms. The molecular formula is C22H20F3NO4S. The minimum absolute atomic E-state index is 0.0456. The fraction of sp³-hybridized carbons (Fsp3) is 0.182. The number of rotatable bonds is 7. The van der Waals surface area contributed by atoms with E-state index in [1.54, 1.807) is 24.3 Å². The standard InChI is InChI=1S/C22H20F3NO4S/c1-29-19-12-18(16-8-10-17(11-9-16)22(23,24)25)21(13-20(19)30-2)31(27,28)26-14-15-6-4-3-5-7-15/h3-13,26H,14H2,1-2H3. The van der Waals surface area contributed by atoms with Crippen molar-refractivity contribution in [2.24, 2.45) is 0 Å². The number of alkyl halides is 3. The zero-order valence-corrected chi connectivity index (χ0v) is 17.5. The molecule has 0 aliphatic heterocycles. The third-order valence-corrected chi connectivity index (χ3v) is 6.05. The summed E-state index contributed by atoms with van der Waals surface area (Å²) >= 11 is 0. The highest BCUT2D eigenvalue weighted by molar-refractivity contribution is 7.89. The van der Waals surface area contributed by atoms with Crippen molar-refractivity contribution in [2.75, 3.05) is 14.2 Å². The van der Waals surface area contributed by atoms with Gasteiger partial charge in [0.25, 0.3) is 0 Å². The SMILES string of the molecule is COc1cc(-c2ccc(C(F)(F)F)cc2)c(S(=O)(=O)NCc2ccccc2)cc1OC. The zero-order chi connectivity index (χ0) is 22.6. The second-order valence-electron chi connectivity index (χ2n) is 6.59. The Labute approximate surface area is 178 Å². The van der Waals surface area contributed by atoms with E-state index in [9.17, 15) is 21.6 Å². The van der Waals surface area contributed by atoms with Crippen molar-refractivity contribution in [3.8, 4) is 22.6 Å². The van der Waals surface area contributed by atoms with Gasteiger partial charge < -0.3 is 9.47 Å². The lowest BCUT2D eigenvalue weighted by Crippen LogP contribution is -2.24. The van der Waals surface area contributed by atoms with Gasteiger partial charge in [-0.25, -0.2) is 13.1 Å². The predicted molar refractivity (Wildman–Crippen MR) is 110 cm³/mol. The van der Waals surface area contributed by atoms with Gasteiger partial charge in [0.2, 0.25) is 10.0 Å². The van der Waals surface area contributed by atoms with E-state index < -0.39 is 21.8 Å². The highest BCUT2D eigenvalue weighted by atomic mass is 32.2. The van der Waals surface area contributed by atoms with Crippen LogP contribution in [0.1, 0.15) is 11.1 Å². The quantitative estimate of drug-likeness (QED) is 0.557. The fourth-order valence-corrected chi connectivity index (χ4v) is 4.24. The summed E-state index contributed by atoms with van der Waals surface area (Å²) < 4.78 is 78.0. The number of sulfonamides is 1. The predicted octanol–water partition coefficient (Wildman–Crippen LogP) is 4.87. The number of benzene rings is 3. The van der Waals surface area contributed by atoms with Crippen LogP contribution >= 0.6 is 0 Å². The van der Waals surface area contributed by atoms with E-state index in [1.165, 1.54) is 38.5 Å². The Kier molecular flexibility index (Phi) is 6.56. The van der Waals surface area contributed by atoms with Gasteiger partial charge in [0.1, 0.15) is 0 Å². The number of nitrogens with one attached hydrogen (secondary N) is 1. The van der Waals surface area contributed by atoms with Gasteiger partial charge in [-0.1, -0.05) is 42.5 Å². The fourth-order valence-electron chi connectivity index (χ4n) is 3.00. The summed E-state index contributed by atoms with van der Waals surface area (Å²) in [6, 6.07) is 15.9.